The summed E-state index contributed by atoms with van der Waals surface area (Å²) in [5.74, 6) is 0. The van der Waals surface area contributed by atoms with E-state index in [-0.39, 0.29) is 0 Å². The highest BCUT2D eigenvalue weighted by Crippen LogP contribution is 2.21. The lowest BCUT2D eigenvalue weighted by atomic mass is 10.2. The minimum absolute atomic E-state index is 0.504. The van der Waals surface area contributed by atoms with Crippen LogP contribution in [0.15, 0.2) is 23.3 Å². The molecule has 0 saturated carbocycles. The topological polar surface area (TPSA) is 36.4 Å². The summed E-state index contributed by atoms with van der Waals surface area (Å²) in [6, 6.07) is 5.29. The van der Waals surface area contributed by atoms with Crippen LogP contribution in [-0.4, -0.2) is 17.9 Å². The second-order valence-electron chi connectivity index (χ2n) is 3.65. The van der Waals surface area contributed by atoms with E-state index in [0.29, 0.717) is 15.2 Å². The number of nitrogens with zero attached hydrogens (tertiary/aromatic N) is 1. The summed E-state index contributed by atoms with van der Waals surface area (Å²) < 4.78 is 0. The Morgan fingerprint density at radius 2 is 2.17 bits per heavy atom. The van der Waals surface area contributed by atoms with Crippen LogP contribution in [0.3, 0.4) is 0 Å². The van der Waals surface area contributed by atoms with Gasteiger partial charge >= 0.3 is 0 Å². The maximum Gasteiger partial charge on any atom is 0.186 e. The van der Waals surface area contributed by atoms with Crippen LogP contribution < -0.4 is 10.7 Å². The summed E-state index contributed by atoms with van der Waals surface area (Å²) >= 11 is 16.7. The molecule has 0 fully saturated rings. The Morgan fingerprint density at radius 1 is 1.39 bits per heavy atom. The molecule has 0 spiro atoms. The number of hydrogen-bond donors (Lipinski definition) is 2. The molecule has 0 radical (unpaired) electrons. The van der Waals surface area contributed by atoms with Gasteiger partial charge in [0.2, 0.25) is 0 Å². The number of unbranched alkanes of at least 4 members (excludes halogenated alkanes) is 1. The molecule has 0 bridgehead atoms. The Kier molecular flexibility index (Phi) is 7.01. The highest BCUT2D eigenvalue weighted by atomic mass is 35.5. The van der Waals surface area contributed by atoms with E-state index in [1.54, 1.807) is 18.3 Å². The molecule has 2 N–H and O–H groups in total. The molecular weight excluding hydrogens is 289 g/mol. The second-order valence-corrected chi connectivity index (χ2v) is 4.88. The van der Waals surface area contributed by atoms with Crippen LogP contribution in [0.1, 0.15) is 25.3 Å². The van der Waals surface area contributed by atoms with Gasteiger partial charge in [0, 0.05) is 6.54 Å². The summed E-state index contributed by atoms with van der Waals surface area (Å²) in [6.45, 7) is 2.98. The number of halogens is 2. The van der Waals surface area contributed by atoms with Crippen LogP contribution in [0, 0.1) is 0 Å². The third-order valence-electron chi connectivity index (χ3n) is 2.14. The molecule has 3 nitrogen and oxygen atoms in total. The average Bonchev–Trinajstić information content (AvgIpc) is 2.34. The lowest BCUT2D eigenvalue weighted by molar-refractivity contribution is 0.745. The largest absolute Gasteiger partial charge is 0.361 e. The molecule has 0 amide bonds. The molecule has 1 rings (SSSR count). The van der Waals surface area contributed by atoms with Crippen LogP contribution in [0.25, 0.3) is 0 Å². The lowest BCUT2D eigenvalue weighted by Crippen LogP contribution is -2.32. The zero-order valence-electron chi connectivity index (χ0n) is 10.0. The van der Waals surface area contributed by atoms with Gasteiger partial charge in [0.05, 0.1) is 16.3 Å². The van der Waals surface area contributed by atoms with E-state index >= 15 is 0 Å². The average molecular weight is 304 g/mol. The van der Waals surface area contributed by atoms with E-state index in [1.807, 2.05) is 6.07 Å². The van der Waals surface area contributed by atoms with E-state index in [4.69, 9.17) is 35.4 Å². The Hall–Kier alpha value is -0.840. The first-order chi connectivity index (χ1) is 8.63. The number of hydrogen-bond acceptors (Lipinski definition) is 2. The monoisotopic (exact) mass is 303 g/mol. The van der Waals surface area contributed by atoms with Crippen LogP contribution >= 0.6 is 35.4 Å². The van der Waals surface area contributed by atoms with E-state index < -0.39 is 0 Å². The number of nitrogens with one attached hydrogen (secondary N) is 2. The van der Waals surface area contributed by atoms with Crippen molar-refractivity contribution in [2.24, 2.45) is 5.10 Å². The van der Waals surface area contributed by atoms with Crippen LogP contribution in [-0.2, 0) is 0 Å². The smallest absolute Gasteiger partial charge is 0.186 e. The van der Waals surface area contributed by atoms with Gasteiger partial charge in [0.25, 0.3) is 0 Å². The van der Waals surface area contributed by atoms with Crippen molar-refractivity contribution in [3.8, 4) is 0 Å². The molecule has 0 heterocycles. The normalized spacial score (nSPS) is 10.6. The molecule has 0 unspecified atom stereocenters. The molecule has 18 heavy (non-hydrogen) atoms. The van der Waals surface area contributed by atoms with Crippen molar-refractivity contribution >= 4 is 46.7 Å². The van der Waals surface area contributed by atoms with Gasteiger partial charge in [-0.25, -0.2) is 0 Å². The molecule has 6 heteroatoms. The van der Waals surface area contributed by atoms with Crippen molar-refractivity contribution in [3.63, 3.8) is 0 Å². The van der Waals surface area contributed by atoms with Gasteiger partial charge in [-0.05, 0) is 36.3 Å². The predicted molar refractivity (Wildman–Crippen MR) is 82.7 cm³/mol. The standard InChI is InChI=1S/C12H15Cl2N3S/c1-2-3-6-15-12(18)17-16-8-9-4-5-10(13)11(14)7-9/h4-5,7-8H,2-3,6H2,1H3,(H2,15,17,18)/b16-8-. The van der Waals surface area contributed by atoms with Crippen molar-refractivity contribution < 1.29 is 0 Å². The molecule has 1 aromatic carbocycles. The van der Waals surface area contributed by atoms with Gasteiger partial charge in [0.15, 0.2) is 5.11 Å². The van der Waals surface area contributed by atoms with E-state index in [2.05, 4.69) is 22.8 Å². The fourth-order valence-electron chi connectivity index (χ4n) is 1.18. The van der Waals surface area contributed by atoms with Crippen molar-refractivity contribution in [2.75, 3.05) is 6.54 Å². The zero-order chi connectivity index (χ0) is 13.4. The van der Waals surface area contributed by atoms with E-state index in [0.717, 1.165) is 24.9 Å². The van der Waals surface area contributed by atoms with Gasteiger partial charge in [-0.2, -0.15) is 5.10 Å². The van der Waals surface area contributed by atoms with Gasteiger partial charge in [-0.3, -0.25) is 5.43 Å². The maximum atomic E-state index is 5.89. The number of rotatable bonds is 5. The van der Waals surface area contributed by atoms with Crippen molar-refractivity contribution in [1.29, 1.82) is 0 Å². The Morgan fingerprint density at radius 3 is 2.83 bits per heavy atom. The van der Waals surface area contributed by atoms with Gasteiger partial charge in [0.1, 0.15) is 0 Å². The summed E-state index contributed by atoms with van der Waals surface area (Å²) in [4.78, 5) is 0. The van der Waals surface area contributed by atoms with E-state index in [1.165, 1.54) is 0 Å². The molecule has 0 saturated heterocycles. The van der Waals surface area contributed by atoms with Crippen LogP contribution in [0.5, 0.6) is 0 Å². The van der Waals surface area contributed by atoms with Crippen LogP contribution in [0.4, 0.5) is 0 Å². The lowest BCUT2D eigenvalue weighted by Gasteiger charge is -2.05. The number of hydrazone groups is 1. The Labute approximate surface area is 123 Å². The first kappa shape index (κ1) is 15.2. The summed E-state index contributed by atoms with van der Waals surface area (Å²) in [6.07, 6.45) is 3.84. The first-order valence-corrected chi connectivity index (χ1v) is 6.82. The molecular formula is C12H15Cl2N3S. The molecule has 0 aromatic heterocycles. The molecule has 0 aliphatic rings. The highest BCUT2D eigenvalue weighted by Gasteiger charge is 1.97. The summed E-state index contributed by atoms with van der Waals surface area (Å²) in [7, 11) is 0. The zero-order valence-corrected chi connectivity index (χ0v) is 12.4. The van der Waals surface area contributed by atoms with E-state index in [9.17, 15) is 0 Å². The first-order valence-electron chi connectivity index (χ1n) is 5.65. The predicted octanol–water partition coefficient (Wildman–Crippen LogP) is 3.59. The fraction of sp³-hybridized carbons (Fsp3) is 0.333. The Balaban J connectivity index is 2.40. The number of benzene rings is 1. The third-order valence-corrected chi connectivity index (χ3v) is 3.11. The molecule has 0 aliphatic heterocycles. The summed E-state index contributed by atoms with van der Waals surface area (Å²) in [5, 5.41) is 8.60. The van der Waals surface area contributed by atoms with Gasteiger partial charge < -0.3 is 5.32 Å². The second kappa shape index (κ2) is 8.29. The molecule has 98 valence electrons. The minimum atomic E-state index is 0.504. The Bertz CT molecular complexity index is 435. The SMILES string of the molecule is CCCCNC(=S)N/N=C\c1ccc(Cl)c(Cl)c1. The minimum Gasteiger partial charge on any atom is -0.361 e. The van der Waals surface area contributed by atoms with Crippen molar-refractivity contribution in [1.82, 2.24) is 10.7 Å². The highest BCUT2D eigenvalue weighted by molar-refractivity contribution is 7.80. The van der Waals surface area contributed by atoms with Crippen molar-refractivity contribution in [2.45, 2.75) is 19.8 Å². The van der Waals surface area contributed by atoms with Crippen molar-refractivity contribution in [3.05, 3.63) is 33.8 Å². The quantitative estimate of drug-likeness (QED) is 0.378. The van der Waals surface area contributed by atoms with Gasteiger partial charge in [-0.1, -0.05) is 42.6 Å². The number of thiocarbonyl (C=S) groups is 1. The molecule has 0 atom stereocenters. The summed E-state index contributed by atoms with van der Waals surface area (Å²) in [5.41, 5.74) is 3.59. The fourth-order valence-corrected chi connectivity index (χ4v) is 1.64. The molecule has 1 aromatic rings. The molecule has 0 aliphatic carbocycles. The van der Waals surface area contributed by atoms with Crippen LogP contribution in [0.2, 0.25) is 10.0 Å². The third kappa shape index (κ3) is 5.67. The van der Waals surface area contributed by atoms with Gasteiger partial charge in [-0.15, -0.1) is 0 Å². The maximum absolute atomic E-state index is 5.89.